The molecule has 1 heterocycles. The first-order valence-electron chi connectivity index (χ1n) is 6.22. The van der Waals surface area contributed by atoms with Crippen molar-refractivity contribution in [2.75, 3.05) is 13.1 Å². The number of carbonyl (C=O) groups is 1. The Labute approximate surface area is 91.2 Å². The summed E-state index contributed by atoms with van der Waals surface area (Å²) in [6.07, 6.45) is 7.00. The molecule has 2 unspecified atom stereocenters. The molecule has 86 valence electrons. The van der Waals surface area contributed by atoms with Crippen LogP contribution in [0, 0.1) is 17.8 Å². The molecule has 1 aliphatic carbocycles. The highest BCUT2D eigenvalue weighted by Gasteiger charge is 2.35. The van der Waals surface area contributed by atoms with E-state index in [9.17, 15) is 9.90 Å². The number of aliphatic carboxylic acids is 1. The molecule has 2 N–H and O–H groups in total. The first-order valence-corrected chi connectivity index (χ1v) is 6.22. The van der Waals surface area contributed by atoms with E-state index in [0.717, 1.165) is 25.9 Å². The minimum atomic E-state index is -0.574. The molecule has 0 aromatic carbocycles. The molecular weight excluding hydrogens is 190 g/mol. The van der Waals surface area contributed by atoms with Gasteiger partial charge in [-0.3, -0.25) is 4.79 Å². The fourth-order valence-electron chi connectivity index (χ4n) is 3.32. The van der Waals surface area contributed by atoms with Crippen LogP contribution in [0.3, 0.4) is 0 Å². The summed E-state index contributed by atoms with van der Waals surface area (Å²) in [4.78, 5) is 11.2. The molecule has 3 heteroatoms. The van der Waals surface area contributed by atoms with Gasteiger partial charge in [0.1, 0.15) is 0 Å². The summed E-state index contributed by atoms with van der Waals surface area (Å²) in [6.45, 7) is 1.88. The average Bonchev–Trinajstić information content (AvgIpc) is 2.61. The lowest BCUT2D eigenvalue weighted by Crippen LogP contribution is -2.28. The van der Waals surface area contributed by atoms with Gasteiger partial charge in [-0.25, -0.2) is 0 Å². The Kier molecular flexibility index (Phi) is 3.62. The first kappa shape index (κ1) is 10.9. The maximum atomic E-state index is 11.2. The van der Waals surface area contributed by atoms with Crippen LogP contribution in [0.25, 0.3) is 0 Å². The number of hydrogen-bond acceptors (Lipinski definition) is 2. The summed E-state index contributed by atoms with van der Waals surface area (Å²) in [6, 6.07) is 0. The molecule has 15 heavy (non-hydrogen) atoms. The highest BCUT2D eigenvalue weighted by molar-refractivity contribution is 5.70. The molecule has 3 nitrogen and oxygen atoms in total. The van der Waals surface area contributed by atoms with Gasteiger partial charge in [0.2, 0.25) is 0 Å². The Hall–Kier alpha value is -0.570. The van der Waals surface area contributed by atoms with Gasteiger partial charge in [0, 0.05) is 0 Å². The normalized spacial score (nSPS) is 33.9. The summed E-state index contributed by atoms with van der Waals surface area (Å²) in [5.74, 6) is 0.449. The van der Waals surface area contributed by atoms with Gasteiger partial charge < -0.3 is 10.4 Å². The third-order valence-corrected chi connectivity index (χ3v) is 4.13. The van der Waals surface area contributed by atoms with Crippen molar-refractivity contribution in [3.63, 3.8) is 0 Å². The molecule has 0 aromatic heterocycles. The van der Waals surface area contributed by atoms with E-state index in [1.807, 2.05) is 0 Å². The average molecular weight is 211 g/mol. The zero-order valence-corrected chi connectivity index (χ0v) is 9.24. The maximum Gasteiger partial charge on any atom is 0.306 e. The molecule has 0 spiro atoms. The third kappa shape index (κ3) is 2.51. The van der Waals surface area contributed by atoms with Crippen molar-refractivity contribution in [2.24, 2.45) is 17.8 Å². The molecule has 1 aliphatic heterocycles. The van der Waals surface area contributed by atoms with Gasteiger partial charge in [-0.2, -0.15) is 0 Å². The van der Waals surface area contributed by atoms with Gasteiger partial charge >= 0.3 is 5.97 Å². The Balaban J connectivity index is 2.05. The number of rotatable bonds is 2. The van der Waals surface area contributed by atoms with E-state index < -0.39 is 5.97 Å². The number of nitrogens with one attached hydrogen (secondary N) is 1. The monoisotopic (exact) mass is 211 g/mol. The van der Waals surface area contributed by atoms with E-state index in [2.05, 4.69) is 5.32 Å². The smallest absolute Gasteiger partial charge is 0.306 e. The molecule has 2 fully saturated rings. The summed E-state index contributed by atoms with van der Waals surface area (Å²) < 4.78 is 0. The van der Waals surface area contributed by atoms with Crippen molar-refractivity contribution in [2.45, 2.75) is 38.5 Å². The first-order chi connectivity index (χ1) is 7.29. The van der Waals surface area contributed by atoms with Gasteiger partial charge in [-0.05, 0) is 37.8 Å². The fraction of sp³-hybridized carbons (Fsp3) is 0.917. The highest BCUT2D eigenvalue weighted by Crippen LogP contribution is 2.38. The molecule has 2 aliphatic rings. The van der Waals surface area contributed by atoms with E-state index in [4.69, 9.17) is 0 Å². The van der Waals surface area contributed by atoms with Crippen LogP contribution < -0.4 is 5.32 Å². The van der Waals surface area contributed by atoms with Crippen LogP contribution in [-0.2, 0) is 4.79 Å². The summed E-state index contributed by atoms with van der Waals surface area (Å²) in [7, 11) is 0. The molecule has 0 aromatic rings. The second-order valence-corrected chi connectivity index (χ2v) is 4.98. The maximum absolute atomic E-state index is 11.2. The van der Waals surface area contributed by atoms with Crippen LogP contribution in [0.4, 0.5) is 0 Å². The third-order valence-electron chi connectivity index (χ3n) is 4.13. The molecule has 0 amide bonds. The van der Waals surface area contributed by atoms with Crippen LogP contribution in [0.15, 0.2) is 0 Å². The van der Waals surface area contributed by atoms with E-state index >= 15 is 0 Å². The van der Waals surface area contributed by atoms with Crippen LogP contribution in [0.5, 0.6) is 0 Å². The molecule has 0 radical (unpaired) electrons. The van der Waals surface area contributed by atoms with Gasteiger partial charge in [0.15, 0.2) is 0 Å². The zero-order chi connectivity index (χ0) is 10.7. The van der Waals surface area contributed by atoms with E-state index in [1.165, 1.54) is 25.7 Å². The van der Waals surface area contributed by atoms with Crippen molar-refractivity contribution in [1.82, 2.24) is 5.32 Å². The largest absolute Gasteiger partial charge is 0.481 e. The Morgan fingerprint density at radius 2 is 1.73 bits per heavy atom. The second-order valence-electron chi connectivity index (χ2n) is 4.98. The molecule has 2 rings (SSSR count). The summed E-state index contributed by atoms with van der Waals surface area (Å²) >= 11 is 0. The topological polar surface area (TPSA) is 49.3 Å². The predicted molar refractivity (Wildman–Crippen MR) is 58.7 cm³/mol. The van der Waals surface area contributed by atoms with Gasteiger partial charge in [0.25, 0.3) is 0 Å². The lowest BCUT2D eigenvalue weighted by atomic mass is 9.77. The van der Waals surface area contributed by atoms with E-state index in [-0.39, 0.29) is 5.92 Å². The summed E-state index contributed by atoms with van der Waals surface area (Å²) in [5.41, 5.74) is 0. The Bertz CT molecular complexity index is 224. The Morgan fingerprint density at radius 3 is 2.40 bits per heavy atom. The number of carboxylic acid groups (broad SMARTS) is 1. The molecule has 0 bridgehead atoms. The van der Waals surface area contributed by atoms with Crippen molar-refractivity contribution in [1.29, 1.82) is 0 Å². The molecule has 1 saturated heterocycles. The minimum absolute atomic E-state index is 0.0944. The lowest BCUT2D eigenvalue weighted by Gasteiger charge is -2.26. The van der Waals surface area contributed by atoms with Crippen LogP contribution >= 0.6 is 0 Å². The number of carboxylic acids is 1. The lowest BCUT2D eigenvalue weighted by molar-refractivity contribution is -0.144. The van der Waals surface area contributed by atoms with Gasteiger partial charge in [-0.1, -0.05) is 25.7 Å². The molecule has 1 saturated carbocycles. The quantitative estimate of drug-likeness (QED) is 0.733. The molecule has 2 atom stereocenters. The standard InChI is InChI=1S/C12H21NO2/c14-12(15)11-6-8-13-7-5-10(11)9-3-1-2-4-9/h9-11,13H,1-8H2,(H,14,15). The fourth-order valence-corrected chi connectivity index (χ4v) is 3.32. The van der Waals surface area contributed by atoms with Crippen LogP contribution in [0.2, 0.25) is 0 Å². The predicted octanol–water partition coefficient (Wildman–Crippen LogP) is 1.88. The SMILES string of the molecule is O=C(O)C1CCNCCC1C1CCCC1. The van der Waals surface area contributed by atoms with Crippen LogP contribution in [-0.4, -0.2) is 24.2 Å². The van der Waals surface area contributed by atoms with E-state index in [0.29, 0.717) is 11.8 Å². The highest BCUT2D eigenvalue weighted by atomic mass is 16.4. The minimum Gasteiger partial charge on any atom is -0.481 e. The molecular formula is C12H21NO2. The summed E-state index contributed by atoms with van der Waals surface area (Å²) in [5, 5.41) is 12.6. The second kappa shape index (κ2) is 4.97. The van der Waals surface area contributed by atoms with E-state index in [1.54, 1.807) is 0 Å². The van der Waals surface area contributed by atoms with Gasteiger partial charge in [-0.15, -0.1) is 0 Å². The van der Waals surface area contributed by atoms with Crippen molar-refractivity contribution >= 4 is 5.97 Å². The van der Waals surface area contributed by atoms with Crippen molar-refractivity contribution in [3.05, 3.63) is 0 Å². The van der Waals surface area contributed by atoms with Crippen LogP contribution in [0.1, 0.15) is 38.5 Å². The van der Waals surface area contributed by atoms with Crippen molar-refractivity contribution in [3.8, 4) is 0 Å². The number of hydrogen-bond donors (Lipinski definition) is 2. The van der Waals surface area contributed by atoms with Crippen molar-refractivity contribution < 1.29 is 9.90 Å². The zero-order valence-electron chi connectivity index (χ0n) is 9.24. The Morgan fingerprint density at radius 1 is 1.07 bits per heavy atom. The van der Waals surface area contributed by atoms with Gasteiger partial charge in [0.05, 0.1) is 5.92 Å².